The number of hydrogen-bond donors (Lipinski definition) is 0. The predicted octanol–water partition coefficient (Wildman–Crippen LogP) is 6.44. The van der Waals surface area contributed by atoms with Gasteiger partial charge in [0.05, 0.1) is 0 Å². The van der Waals surface area contributed by atoms with Gasteiger partial charge in [-0.05, 0) is 0 Å². The summed E-state index contributed by atoms with van der Waals surface area (Å²) >= 11 is 0. The summed E-state index contributed by atoms with van der Waals surface area (Å²) in [6.07, 6.45) is 2.24. The van der Waals surface area contributed by atoms with Gasteiger partial charge in [-0.1, -0.05) is 0 Å². The fraction of sp³-hybridized carbons (Fsp3) is 0.0526. The van der Waals surface area contributed by atoms with Gasteiger partial charge in [-0.15, -0.1) is 0 Å². The molecular formula is C38H36P2Pd. The molecule has 0 fully saturated rings. The second-order valence-corrected chi connectivity index (χ2v) is 18.6. The molecule has 41 heavy (non-hydrogen) atoms. The van der Waals surface area contributed by atoms with E-state index in [0.29, 0.717) is 0 Å². The van der Waals surface area contributed by atoms with E-state index in [1.165, 1.54) is 31.8 Å². The molecule has 0 aromatic heterocycles. The zero-order valence-electron chi connectivity index (χ0n) is 23.1. The summed E-state index contributed by atoms with van der Waals surface area (Å²) in [5.74, 6) is 0. The molecule has 0 unspecified atom stereocenters. The Morgan fingerprint density at radius 2 is 0.390 bits per heavy atom. The third kappa shape index (κ3) is 5.80. The van der Waals surface area contributed by atoms with Crippen molar-refractivity contribution < 1.29 is 20.4 Å². The van der Waals surface area contributed by atoms with Crippen molar-refractivity contribution in [3.63, 3.8) is 0 Å². The fourth-order valence-electron chi connectivity index (χ4n) is 6.58. The van der Waals surface area contributed by atoms with Crippen molar-refractivity contribution in [1.29, 1.82) is 0 Å². The molecule has 0 N–H and O–H groups in total. The number of rotatable bonds is 9. The number of hydrogen-bond acceptors (Lipinski definition) is 0. The molecule has 0 saturated carbocycles. The Bertz CT molecular complexity index is 1290. The third-order valence-corrected chi connectivity index (χ3v) is 18.9. The molecule has 6 rings (SSSR count). The third-order valence-electron chi connectivity index (χ3n) is 8.47. The van der Waals surface area contributed by atoms with E-state index in [2.05, 4.69) is 182 Å². The van der Waals surface area contributed by atoms with Crippen molar-refractivity contribution >= 4 is 46.4 Å². The zero-order chi connectivity index (χ0) is 27.1. The van der Waals surface area contributed by atoms with Gasteiger partial charge in [-0.25, -0.2) is 0 Å². The van der Waals surface area contributed by atoms with Crippen molar-refractivity contribution in [3.8, 4) is 0 Å². The first kappa shape index (κ1) is 29.3. The first-order valence-electron chi connectivity index (χ1n) is 14.2. The molecule has 3 heteroatoms. The predicted molar refractivity (Wildman–Crippen MR) is 183 cm³/mol. The maximum absolute atomic E-state index is 2.40. The van der Waals surface area contributed by atoms with E-state index in [-0.39, 0.29) is 20.4 Å². The molecule has 0 radical (unpaired) electrons. The van der Waals surface area contributed by atoms with Crippen molar-refractivity contribution in [2.75, 3.05) is 12.3 Å². The minimum atomic E-state index is -2.40. The Kier molecular flexibility index (Phi) is 9.78. The standard InChI is InChI=1S/C38H36P2.Pd/c1-7-19-33(20-8-1)39(34-21-9-2-10-22-34,35-23-11-3-12-24-35)31-32-40(36-25-13-4-14-26-36,37-27-15-5-16-28-37)38-29-17-6-18-30-38;/h1-30,39-40H,31-32H2;. The average molecular weight is 661 g/mol. The van der Waals surface area contributed by atoms with Crippen LogP contribution in [0.4, 0.5) is 0 Å². The van der Waals surface area contributed by atoms with E-state index >= 15 is 0 Å². The first-order valence-corrected chi connectivity index (χ1v) is 18.6. The normalized spacial score (nSPS) is 12.2. The van der Waals surface area contributed by atoms with Crippen molar-refractivity contribution in [1.82, 2.24) is 0 Å². The topological polar surface area (TPSA) is 0 Å². The van der Waals surface area contributed by atoms with Crippen LogP contribution in [-0.4, -0.2) is 12.3 Å². The summed E-state index contributed by atoms with van der Waals surface area (Å²) in [6, 6.07) is 68.1. The van der Waals surface area contributed by atoms with Crippen LogP contribution in [-0.2, 0) is 20.4 Å². The van der Waals surface area contributed by atoms with Gasteiger partial charge in [-0.3, -0.25) is 0 Å². The van der Waals surface area contributed by atoms with Crippen LogP contribution in [0.3, 0.4) is 0 Å². The first-order chi connectivity index (χ1) is 19.8. The zero-order valence-corrected chi connectivity index (χ0v) is 26.6. The molecule has 6 aromatic rings. The van der Waals surface area contributed by atoms with Gasteiger partial charge in [0.25, 0.3) is 0 Å². The van der Waals surface area contributed by atoms with Crippen LogP contribution in [0.25, 0.3) is 0 Å². The fourth-order valence-corrected chi connectivity index (χ4v) is 17.9. The summed E-state index contributed by atoms with van der Waals surface area (Å²) in [5, 5.41) is 8.86. The van der Waals surface area contributed by atoms with E-state index in [4.69, 9.17) is 0 Å². The maximum atomic E-state index is 2.38. The van der Waals surface area contributed by atoms with Crippen LogP contribution in [0.15, 0.2) is 182 Å². The molecule has 0 aliphatic heterocycles. The average Bonchev–Trinajstić information content (AvgIpc) is 3.06. The second-order valence-electron chi connectivity index (χ2n) is 10.5. The van der Waals surface area contributed by atoms with Gasteiger partial charge in [0.2, 0.25) is 0 Å². The SMILES string of the molecule is [Pd].c1ccc([PH](CC[PH](c2ccccc2)(c2ccccc2)c2ccccc2)(c2ccccc2)c2ccccc2)cc1. The molecule has 208 valence electrons. The van der Waals surface area contributed by atoms with E-state index in [1.54, 1.807) is 0 Å². The van der Waals surface area contributed by atoms with Crippen molar-refractivity contribution in [2.24, 2.45) is 0 Å². The molecule has 0 atom stereocenters. The van der Waals surface area contributed by atoms with Crippen LogP contribution in [0.2, 0.25) is 0 Å². The second kappa shape index (κ2) is 13.7. The Labute approximate surface area is 259 Å². The van der Waals surface area contributed by atoms with Crippen LogP contribution in [0.1, 0.15) is 0 Å². The van der Waals surface area contributed by atoms with Gasteiger partial charge in [0, 0.05) is 20.4 Å². The van der Waals surface area contributed by atoms with Gasteiger partial charge in [-0.2, -0.15) is 0 Å². The van der Waals surface area contributed by atoms with Crippen LogP contribution >= 0.6 is 14.5 Å². The summed E-state index contributed by atoms with van der Waals surface area (Å²) in [5.41, 5.74) is 0. The summed E-state index contributed by atoms with van der Waals surface area (Å²) in [6.45, 7) is 0. The summed E-state index contributed by atoms with van der Waals surface area (Å²) in [7, 11) is -4.80. The van der Waals surface area contributed by atoms with E-state index in [0.717, 1.165) is 12.3 Å². The van der Waals surface area contributed by atoms with Gasteiger partial charge >= 0.3 is 241 Å². The van der Waals surface area contributed by atoms with Crippen LogP contribution < -0.4 is 31.8 Å². The minimum absolute atomic E-state index is 0. The summed E-state index contributed by atoms with van der Waals surface area (Å²) < 4.78 is 0. The Morgan fingerprint density at radius 3 is 0.537 bits per heavy atom. The molecule has 0 saturated heterocycles. The molecule has 0 nitrogen and oxygen atoms in total. The van der Waals surface area contributed by atoms with Gasteiger partial charge in [0.1, 0.15) is 0 Å². The monoisotopic (exact) mass is 660 g/mol. The van der Waals surface area contributed by atoms with Gasteiger partial charge in [0.15, 0.2) is 0 Å². The van der Waals surface area contributed by atoms with E-state index in [1.807, 2.05) is 0 Å². The van der Waals surface area contributed by atoms with E-state index < -0.39 is 14.5 Å². The molecule has 0 aliphatic rings. The molecule has 0 amide bonds. The molecule has 0 bridgehead atoms. The molecule has 6 aromatic carbocycles. The quantitative estimate of drug-likeness (QED) is 0.124. The van der Waals surface area contributed by atoms with Crippen LogP contribution in [0.5, 0.6) is 0 Å². The Morgan fingerprint density at radius 1 is 0.244 bits per heavy atom. The molecular weight excluding hydrogens is 625 g/mol. The van der Waals surface area contributed by atoms with Crippen molar-refractivity contribution in [3.05, 3.63) is 182 Å². The van der Waals surface area contributed by atoms with Crippen LogP contribution in [0, 0.1) is 0 Å². The molecule has 0 heterocycles. The van der Waals surface area contributed by atoms with E-state index in [9.17, 15) is 0 Å². The summed E-state index contributed by atoms with van der Waals surface area (Å²) in [4.78, 5) is 0. The molecule has 0 spiro atoms. The number of benzene rings is 6. The van der Waals surface area contributed by atoms with Gasteiger partial charge < -0.3 is 0 Å². The molecule has 0 aliphatic carbocycles. The Hall–Kier alpha value is -3.16. The van der Waals surface area contributed by atoms with Crippen molar-refractivity contribution in [2.45, 2.75) is 0 Å². The Balaban J connectivity index is 0.00000337.